The van der Waals surface area contributed by atoms with Crippen LogP contribution in [-0.4, -0.2) is 0 Å². The average molecular weight is 795 g/mol. The smallest absolute Gasteiger partial charge is 0.131 e. The second kappa shape index (κ2) is 23.2. The molecule has 0 aliphatic heterocycles. The highest BCUT2D eigenvalue weighted by atomic mass is 19.1. The largest absolute Gasteiger partial charge is 0.365 e. The minimum Gasteiger partial charge on any atom is -0.365 e. The molecule has 2 unspecified atom stereocenters. The van der Waals surface area contributed by atoms with Gasteiger partial charge in [-0.2, -0.15) is 0 Å². The van der Waals surface area contributed by atoms with Gasteiger partial charge in [0.2, 0.25) is 0 Å². The second-order valence-corrected chi connectivity index (χ2v) is 19.6. The predicted octanol–water partition coefficient (Wildman–Crippen LogP) is 17.0. The Balaban J connectivity index is 1.09. The summed E-state index contributed by atoms with van der Waals surface area (Å²) in [6.45, 7) is 4.56. The van der Waals surface area contributed by atoms with Crippen LogP contribution in [-0.2, 0) is 4.74 Å². The molecule has 0 heterocycles. The van der Waals surface area contributed by atoms with E-state index in [4.69, 9.17) is 4.74 Å². The van der Waals surface area contributed by atoms with Crippen LogP contribution in [0.1, 0.15) is 217 Å². The Kier molecular flexibility index (Phi) is 18.2. The van der Waals surface area contributed by atoms with Gasteiger partial charge < -0.3 is 4.74 Å². The van der Waals surface area contributed by atoms with Gasteiger partial charge in [0.15, 0.2) is 0 Å². The van der Waals surface area contributed by atoms with Gasteiger partial charge in [0, 0.05) is 23.3 Å². The highest BCUT2D eigenvalue weighted by Crippen LogP contribution is 2.51. The van der Waals surface area contributed by atoms with Crippen molar-refractivity contribution in [1.29, 1.82) is 0 Å². The summed E-state index contributed by atoms with van der Waals surface area (Å²) in [5, 5.41) is 0. The Bertz CT molecular complexity index is 1320. The zero-order valence-electron chi connectivity index (χ0n) is 36.0. The molecular formula is C52H78F4O. The number of hydrogen-bond donors (Lipinski definition) is 0. The molecule has 2 atom stereocenters. The van der Waals surface area contributed by atoms with Crippen molar-refractivity contribution in [2.75, 3.05) is 0 Å². The molecule has 4 saturated carbocycles. The normalized spacial score (nSPS) is 29.6. The van der Waals surface area contributed by atoms with Crippen molar-refractivity contribution >= 4 is 0 Å². The molecule has 4 aliphatic rings. The van der Waals surface area contributed by atoms with Gasteiger partial charge in [0.05, 0.1) is 12.2 Å². The van der Waals surface area contributed by atoms with Crippen molar-refractivity contribution in [3.8, 4) is 0 Å². The van der Waals surface area contributed by atoms with Crippen molar-refractivity contribution in [3.63, 3.8) is 0 Å². The van der Waals surface area contributed by atoms with Crippen molar-refractivity contribution in [3.05, 3.63) is 70.8 Å². The molecule has 4 fully saturated rings. The number of halogens is 4. The first kappa shape index (κ1) is 44.7. The molecule has 0 aromatic heterocycles. The van der Waals surface area contributed by atoms with Gasteiger partial charge in [0.1, 0.15) is 23.3 Å². The quantitative estimate of drug-likeness (QED) is 0.0958. The van der Waals surface area contributed by atoms with Crippen LogP contribution in [0.3, 0.4) is 0 Å². The van der Waals surface area contributed by atoms with Crippen molar-refractivity contribution in [2.45, 2.75) is 206 Å². The van der Waals surface area contributed by atoms with Crippen LogP contribution in [0, 0.1) is 70.6 Å². The second-order valence-electron chi connectivity index (χ2n) is 19.6. The molecule has 320 valence electrons. The maximum atomic E-state index is 15.8. The SMILES string of the molecule is CCCCCCC[C@H]1CC[C@H]([C@H]2CC[C@H](C(OC(c3ccc(F)cc3F)[C@H]3CC[C@H]([C@H]4CC[C@H](CCCCCCC)CC4)CC3)c3ccc(F)cc3F)CC2)CC1. The summed E-state index contributed by atoms with van der Waals surface area (Å²) in [5.74, 6) is 2.43. The molecule has 0 amide bonds. The van der Waals surface area contributed by atoms with Crippen LogP contribution in [0.2, 0.25) is 0 Å². The van der Waals surface area contributed by atoms with E-state index in [1.807, 2.05) is 0 Å². The Morgan fingerprint density at radius 3 is 1.11 bits per heavy atom. The number of unbranched alkanes of at least 4 members (excludes halogenated alkanes) is 8. The zero-order valence-corrected chi connectivity index (χ0v) is 36.0. The maximum absolute atomic E-state index is 15.8. The molecular weight excluding hydrogens is 717 g/mol. The summed E-state index contributed by atoms with van der Waals surface area (Å²) < 4.78 is 67.3. The topological polar surface area (TPSA) is 9.23 Å². The summed E-state index contributed by atoms with van der Waals surface area (Å²) in [4.78, 5) is 0. The summed E-state index contributed by atoms with van der Waals surface area (Å²) in [6, 6.07) is 7.73. The minimum atomic E-state index is -0.612. The summed E-state index contributed by atoms with van der Waals surface area (Å²) in [6.07, 6.45) is 34.0. The van der Waals surface area contributed by atoms with E-state index in [2.05, 4.69) is 13.8 Å². The molecule has 5 heteroatoms. The van der Waals surface area contributed by atoms with Crippen LogP contribution < -0.4 is 0 Å². The van der Waals surface area contributed by atoms with Gasteiger partial charge in [0.25, 0.3) is 0 Å². The van der Waals surface area contributed by atoms with E-state index in [1.54, 1.807) is 12.1 Å². The molecule has 57 heavy (non-hydrogen) atoms. The highest BCUT2D eigenvalue weighted by Gasteiger charge is 2.40. The number of rotatable bonds is 20. The van der Waals surface area contributed by atoms with Crippen molar-refractivity contribution in [2.24, 2.45) is 47.3 Å². The van der Waals surface area contributed by atoms with E-state index in [1.165, 1.54) is 141 Å². The van der Waals surface area contributed by atoms with E-state index in [0.717, 1.165) is 87.2 Å². The Morgan fingerprint density at radius 1 is 0.439 bits per heavy atom. The van der Waals surface area contributed by atoms with Crippen molar-refractivity contribution < 1.29 is 22.3 Å². The van der Waals surface area contributed by atoms with Gasteiger partial charge >= 0.3 is 0 Å². The number of ether oxygens (including phenoxy) is 1. The lowest BCUT2D eigenvalue weighted by atomic mass is 9.67. The van der Waals surface area contributed by atoms with E-state index >= 15 is 8.78 Å². The molecule has 4 aliphatic carbocycles. The standard InChI is InChI=1S/C52H78F4O/c1-3-5-7-9-11-13-37-15-19-39(20-16-37)41-23-27-43(28-24-41)51(47-33-31-45(53)35-49(47)55)57-52(48-34-32-46(54)36-50(48)56)44-29-25-42(26-30-44)40-21-17-38(18-22-40)14-12-10-8-6-4-2/h31-44,51-52H,3-30H2,1-2H3/t37-,38-,39-,40-,41-,42-,43-,44-,51?,52?. The number of benzene rings is 2. The lowest BCUT2D eigenvalue weighted by molar-refractivity contribution is -0.0959. The Morgan fingerprint density at radius 2 is 0.772 bits per heavy atom. The fourth-order valence-corrected chi connectivity index (χ4v) is 12.3. The predicted molar refractivity (Wildman–Crippen MR) is 228 cm³/mol. The van der Waals surface area contributed by atoms with E-state index in [0.29, 0.717) is 23.0 Å². The monoisotopic (exact) mass is 795 g/mol. The van der Waals surface area contributed by atoms with Crippen LogP contribution in [0.25, 0.3) is 0 Å². The molecule has 2 aromatic carbocycles. The van der Waals surface area contributed by atoms with Gasteiger partial charge in [-0.1, -0.05) is 129 Å². The third-order valence-corrected chi connectivity index (χ3v) is 15.9. The maximum Gasteiger partial charge on any atom is 0.131 e. The fraction of sp³-hybridized carbons (Fsp3) is 0.769. The molecule has 0 saturated heterocycles. The fourth-order valence-electron chi connectivity index (χ4n) is 12.3. The van der Waals surface area contributed by atoms with Gasteiger partial charge in [-0.3, -0.25) is 0 Å². The lowest BCUT2D eigenvalue weighted by Crippen LogP contribution is -2.32. The van der Waals surface area contributed by atoms with E-state index < -0.39 is 35.5 Å². The first-order chi connectivity index (χ1) is 27.8. The van der Waals surface area contributed by atoms with Gasteiger partial charge in [-0.25, -0.2) is 17.6 Å². The molecule has 6 rings (SSSR count). The van der Waals surface area contributed by atoms with E-state index in [9.17, 15) is 8.78 Å². The Labute approximate surface area is 345 Å². The molecule has 0 N–H and O–H groups in total. The van der Waals surface area contributed by atoms with Crippen LogP contribution in [0.15, 0.2) is 36.4 Å². The molecule has 1 nitrogen and oxygen atoms in total. The highest BCUT2D eigenvalue weighted by molar-refractivity contribution is 5.25. The van der Waals surface area contributed by atoms with Crippen molar-refractivity contribution in [1.82, 2.24) is 0 Å². The van der Waals surface area contributed by atoms with Gasteiger partial charge in [-0.15, -0.1) is 0 Å². The summed E-state index contributed by atoms with van der Waals surface area (Å²) in [5.41, 5.74) is 0.755. The first-order valence-electron chi connectivity index (χ1n) is 24.4. The lowest BCUT2D eigenvalue weighted by Gasteiger charge is -2.43. The zero-order chi connectivity index (χ0) is 40.0. The molecule has 0 spiro atoms. The van der Waals surface area contributed by atoms with E-state index in [-0.39, 0.29) is 11.8 Å². The number of hydrogen-bond acceptors (Lipinski definition) is 1. The summed E-state index contributed by atoms with van der Waals surface area (Å²) in [7, 11) is 0. The summed E-state index contributed by atoms with van der Waals surface area (Å²) >= 11 is 0. The third kappa shape index (κ3) is 13.1. The molecule has 0 radical (unpaired) electrons. The van der Waals surface area contributed by atoms with Crippen LogP contribution in [0.4, 0.5) is 17.6 Å². The van der Waals surface area contributed by atoms with Gasteiger partial charge in [-0.05, 0) is 137 Å². The third-order valence-electron chi connectivity index (χ3n) is 15.9. The molecule has 0 bridgehead atoms. The van der Waals surface area contributed by atoms with Crippen LogP contribution in [0.5, 0.6) is 0 Å². The Hall–Kier alpha value is -1.88. The minimum absolute atomic E-state index is 0.0600. The average Bonchev–Trinajstić information content (AvgIpc) is 3.23. The van der Waals surface area contributed by atoms with Crippen LogP contribution >= 0.6 is 0 Å². The molecule has 2 aromatic rings. The first-order valence-corrected chi connectivity index (χ1v) is 24.4.